The van der Waals surface area contributed by atoms with Crippen LogP contribution >= 0.6 is 0 Å². The number of alkyl halides is 3. The fourth-order valence-corrected chi connectivity index (χ4v) is 2.34. The average molecular weight is 349 g/mol. The normalized spacial score (nSPS) is 11.1. The van der Waals surface area contributed by atoms with Crippen molar-refractivity contribution in [3.63, 3.8) is 0 Å². The number of nitrogens with one attached hydrogen (secondary N) is 2. The monoisotopic (exact) mass is 349 g/mol. The average Bonchev–Trinajstić information content (AvgIpc) is 3.04. The van der Waals surface area contributed by atoms with Crippen molar-refractivity contribution in [2.24, 2.45) is 0 Å². The van der Waals surface area contributed by atoms with Crippen LogP contribution in [0.5, 0.6) is 0 Å². The zero-order valence-corrected chi connectivity index (χ0v) is 14.5. The summed E-state index contributed by atoms with van der Waals surface area (Å²) in [5, 5.41) is 3.27. The number of fused-ring (bicyclic) bond motifs is 1. The molecule has 0 spiro atoms. The van der Waals surface area contributed by atoms with Gasteiger partial charge in [0.15, 0.2) is 0 Å². The molecule has 3 rings (SSSR count). The second-order valence-corrected chi connectivity index (χ2v) is 5.32. The first kappa shape index (κ1) is 18.8. The summed E-state index contributed by atoms with van der Waals surface area (Å²) in [5.74, 6) is 0.557. The summed E-state index contributed by atoms with van der Waals surface area (Å²) in [6.07, 6.45) is -3.32. The Labute approximate surface area is 145 Å². The van der Waals surface area contributed by atoms with Crippen molar-refractivity contribution in [2.45, 2.75) is 33.4 Å². The van der Waals surface area contributed by atoms with Crippen molar-refractivity contribution in [2.75, 3.05) is 11.9 Å². The number of rotatable bonds is 4. The minimum absolute atomic E-state index is 0.378. The van der Waals surface area contributed by atoms with Crippen LogP contribution in [0.4, 0.5) is 18.9 Å². The first-order valence-corrected chi connectivity index (χ1v) is 8.38. The molecule has 134 valence electrons. The van der Waals surface area contributed by atoms with E-state index in [1.807, 2.05) is 38.1 Å². The number of nitrogens with zero attached hydrogens (tertiary/aromatic N) is 1. The van der Waals surface area contributed by atoms with Gasteiger partial charge in [0.1, 0.15) is 5.82 Å². The predicted molar refractivity (Wildman–Crippen MR) is 96.7 cm³/mol. The third-order valence-corrected chi connectivity index (χ3v) is 3.55. The Bertz CT molecular complexity index is 805. The second kappa shape index (κ2) is 8.05. The number of hydrogen-bond acceptors (Lipinski definition) is 2. The zero-order valence-electron chi connectivity index (χ0n) is 14.5. The van der Waals surface area contributed by atoms with E-state index >= 15 is 0 Å². The number of H-pyrrole nitrogens is 1. The van der Waals surface area contributed by atoms with Gasteiger partial charge in [-0.1, -0.05) is 20.8 Å². The van der Waals surface area contributed by atoms with Gasteiger partial charge in [-0.3, -0.25) is 0 Å². The molecule has 2 aromatic carbocycles. The highest BCUT2D eigenvalue weighted by atomic mass is 19.4. The Morgan fingerprint density at radius 3 is 2.32 bits per heavy atom. The van der Waals surface area contributed by atoms with Gasteiger partial charge in [-0.15, -0.1) is 0 Å². The Morgan fingerprint density at radius 1 is 1.04 bits per heavy atom. The van der Waals surface area contributed by atoms with Gasteiger partial charge in [-0.05, 0) is 48.9 Å². The summed E-state index contributed by atoms with van der Waals surface area (Å²) < 4.78 is 38.3. The Kier molecular flexibility index (Phi) is 6.07. The van der Waals surface area contributed by atoms with Crippen molar-refractivity contribution in [1.29, 1.82) is 0 Å². The molecule has 0 fully saturated rings. The summed E-state index contributed by atoms with van der Waals surface area (Å²) in [7, 11) is 0. The van der Waals surface area contributed by atoms with E-state index in [0.717, 1.165) is 36.3 Å². The Hall–Kier alpha value is -2.50. The van der Waals surface area contributed by atoms with Crippen LogP contribution in [0.1, 0.15) is 32.8 Å². The van der Waals surface area contributed by atoms with Crippen LogP contribution in [-0.2, 0) is 6.18 Å². The van der Waals surface area contributed by atoms with Gasteiger partial charge < -0.3 is 10.3 Å². The molecule has 0 amide bonds. The van der Waals surface area contributed by atoms with E-state index in [2.05, 4.69) is 22.2 Å². The van der Waals surface area contributed by atoms with Gasteiger partial charge in [0.05, 0.1) is 16.6 Å². The fraction of sp³-hybridized carbons (Fsp3) is 0.316. The number of anilines is 1. The molecular weight excluding hydrogens is 327 g/mol. The topological polar surface area (TPSA) is 40.7 Å². The molecule has 3 aromatic rings. The summed E-state index contributed by atoms with van der Waals surface area (Å²) in [6.45, 7) is 6.98. The minimum Gasteiger partial charge on any atom is -0.385 e. The summed E-state index contributed by atoms with van der Waals surface area (Å²) in [4.78, 5) is 7.31. The zero-order chi connectivity index (χ0) is 18.4. The molecule has 1 aromatic heterocycles. The van der Waals surface area contributed by atoms with Gasteiger partial charge >= 0.3 is 6.18 Å². The standard InChI is InChI=1S/C17H16F3N3.C2H6/c1-2-9-21-13-6-3-11(4-7-13)16-22-14-8-5-12(17(18,19)20)10-15(14)23-16;1-2/h3-8,10,21H,2,9H2,1H3,(H,22,23);1-2H3. The van der Waals surface area contributed by atoms with Gasteiger partial charge in [0.2, 0.25) is 0 Å². The SMILES string of the molecule is CC.CCCNc1ccc(-c2nc3ccc(C(F)(F)F)cc3[nH]2)cc1. The number of halogens is 3. The maximum absolute atomic E-state index is 12.8. The first-order valence-electron chi connectivity index (χ1n) is 8.38. The highest BCUT2D eigenvalue weighted by Gasteiger charge is 2.30. The molecule has 25 heavy (non-hydrogen) atoms. The van der Waals surface area contributed by atoms with Crippen molar-refractivity contribution in [3.8, 4) is 11.4 Å². The largest absolute Gasteiger partial charge is 0.416 e. The molecular formula is C19H22F3N3. The van der Waals surface area contributed by atoms with Gasteiger partial charge in [-0.2, -0.15) is 13.2 Å². The van der Waals surface area contributed by atoms with Crippen LogP contribution in [0.15, 0.2) is 42.5 Å². The Balaban J connectivity index is 0.00000109. The number of imidazole rings is 1. The van der Waals surface area contributed by atoms with E-state index in [0.29, 0.717) is 16.9 Å². The fourth-order valence-electron chi connectivity index (χ4n) is 2.34. The van der Waals surface area contributed by atoms with Crippen molar-refractivity contribution in [1.82, 2.24) is 9.97 Å². The summed E-state index contributed by atoms with van der Waals surface area (Å²) >= 11 is 0. The third kappa shape index (κ3) is 4.53. The molecule has 6 heteroatoms. The van der Waals surface area contributed by atoms with Crippen LogP contribution in [0.2, 0.25) is 0 Å². The van der Waals surface area contributed by atoms with E-state index in [1.165, 1.54) is 6.07 Å². The van der Waals surface area contributed by atoms with Crippen molar-refractivity contribution < 1.29 is 13.2 Å². The molecule has 0 aliphatic carbocycles. The number of benzene rings is 2. The molecule has 0 bridgehead atoms. The molecule has 3 nitrogen and oxygen atoms in total. The number of hydrogen-bond donors (Lipinski definition) is 2. The molecule has 0 atom stereocenters. The van der Waals surface area contributed by atoms with Gasteiger partial charge in [-0.25, -0.2) is 4.98 Å². The van der Waals surface area contributed by atoms with Crippen molar-refractivity contribution >= 4 is 16.7 Å². The number of aromatic amines is 1. The molecule has 0 unspecified atom stereocenters. The van der Waals surface area contributed by atoms with Crippen LogP contribution in [0.25, 0.3) is 22.4 Å². The van der Waals surface area contributed by atoms with E-state index in [4.69, 9.17) is 0 Å². The molecule has 1 heterocycles. The van der Waals surface area contributed by atoms with Crippen LogP contribution in [0, 0.1) is 0 Å². The van der Waals surface area contributed by atoms with Gasteiger partial charge in [0, 0.05) is 17.8 Å². The second-order valence-electron chi connectivity index (χ2n) is 5.32. The highest BCUT2D eigenvalue weighted by Crippen LogP contribution is 2.31. The van der Waals surface area contributed by atoms with E-state index < -0.39 is 11.7 Å². The van der Waals surface area contributed by atoms with Gasteiger partial charge in [0.25, 0.3) is 0 Å². The molecule has 0 aliphatic heterocycles. The highest BCUT2D eigenvalue weighted by molar-refractivity contribution is 5.80. The Morgan fingerprint density at radius 2 is 1.72 bits per heavy atom. The smallest absolute Gasteiger partial charge is 0.385 e. The predicted octanol–water partition coefficient (Wildman–Crippen LogP) is 6.10. The lowest BCUT2D eigenvalue weighted by atomic mass is 10.2. The quantitative estimate of drug-likeness (QED) is 0.598. The lowest BCUT2D eigenvalue weighted by Crippen LogP contribution is -2.04. The lowest BCUT2D eigenvalue weighted by molar-refractivity contribution is -0.137. The molecule has 0 radical (unpaired) electrons. The van der Waals surface area contributed by atoms with Crippen molar-refractivity contribution in [3.05, 3.63) is 48.0 Å². The molecule has 2 N–H and O–H groups in total. The number of aromatic nitrogens is 2. The van der Waals surface area contributed by atoms with E-state index in [-0.39, 0.29) is 0 Å². The minimum atomic E-state index is -4.36. The maximum atomic E-state index is 12.8. The first-order chi connectivity index (χ1) is 12.0. The summed E-state index contributed by atoms with van der Waals surface area (Å²) in [6, 6.07) is 11.2. The van der Waals surface area contributed by atoms with Crippen LogP contribution in [-0.4, -0.2) is 16.5 Å². The van der Waals surface area contributed by atoms with E-state index in [1.54, 1.807) is 0 Å². The maximum Gasteiger partial charge on any atom is 0.416 e. The van der Waals surface area contributed by atoms with Crippen LogP contribution < -0.4 is 5.32 Å². The molecule has 0 saturated heterocycles. The van der Waals surface area contributed by atoms with Crippen LogP contribution in [0.3, 0.4) is 0 Å². The molecule has 0 saturated carbocycles. The molecule has 0 aliphatic rings. The summed E-state index contributed by atoms with van der Waals surface area (Å²) in [5.41, 5.74) is 2.05. The van der Waals surface area contributed by atoms with E-state index in [9.17, 15) is 13.2 Å². The lowest BCUT2D eigenvalue weighted by Gasteiger charge is -2.05. The third-order valence-electron chi connectivity index (χ3n) is 3.55.